The topological polar surface area (TPSA) is 72.3 Å². The third-order valence-electron chi connectivity index (χ3n) is 4.86. The van der Waals surface area contributed by atoms with E-state index in [4.69, 9.17) is 9.84 Å². The van der Waals surface area contributed by atoms with E-state index in [0.29, 0.717) is 28.0 Å². The number of aromatic nitrogens is 2. The van der Waals surface area contributed by atoms with Gasteiger partial charge in [-0.1, -0.05) is 48.5 Å². The van der Waals surface area contributed by atoms with Crippen molar-refractivity contribution < 1.29 is 27.8 Å². The van der Waals surface area contributed by atoms with Crippen molar-refractivity contribution in [1.29, 1.82) is 0 Å². The van der Waals surface area contributed by atoms with E-state index < -0.39 is 17.7 Å². The van der Waals surface area contributed by atoms with Gasteiger partial charge in [-0.3, -0.25) is 4.79 Å². The van der Waals surface area contributed by atoms with Gasteiger partial charge in [0.05, 0.1) is 23.2 Å². The summed E-state index contributed by atoms with van der Waals surface area (Å²) in [5.74, 6) is -0.374. The Balaban J connectivity index is 1.58. The minimum absolute atomic E-state index is 0.0495. The average molecular weight is 438 g/mol. The molecule has 4 rings (SSSR count). The minimum Gasteiger partial charge on any atom is -0.489 e. The highest BCUT2D eigenvalue weighted by Gasteiger charge is 2.33. The first kappa shape index (κ1) is 21.3. The van der Waals surface area contributed by atoms with Crippen LogP contribution in [0.5, 0.6) is 5.75 Å². The summed E-state index contributed by atoms with van der Waals surface area (Å²) in [6, 6.07) is 17.9. The molecule has 0 amide bonds. The van der Waals surface area contributed by atoms with Gasteiger partial charge >= 0.3 is 12.1 Å². The number of nitrogens with zero attached hydrogens (tertiary/aromatic N) is 2. The molecule has 162 valence electrons. The van der Waals surface area contributed by atoms with Crippen LogP contribution < -0.4 is 4.74 Å². The fourth-order valence-electron chi connectivity index (χ4n) is 3.37. The van der Waals surface area contributed by atoms with Crippen molar-refractivity contribution in [2.45, 2.75) is 19.2 Å². The molecule has 0 unspecified atom stereocenters. The molecule has 0 radical (unpaired) electrons. The molecule has 8 heteroatoms. The summed E-state index contributed by atoms with van der Waals surface area (Å²) in [5.41, 5.74) is 1.56. The van der Waals surface area contributed by atoms with Gasteiger partial charge in [-0.15, -0.1) is 0 Å². The second-order valence-corrected chi connectivity index (χ2v) is 7.13. The number of carboxylic acid groups (broad SMARTS) is 1. The second-order valence-electron chi connectivity index (χ2n) is 7.13. The van der Waals surface area contributed by atoms with E-state index in [1.807, 2.05) is 0 Å². The standard InChI is InChI=1S/C24H17F3N2O3/c25-24(26,27)20-6-2-5-19-22(28-14-29-23(19)20)17-3-1-4-18(12-17)32-13-16-9-7-15(8-10-16)11-21(30)31/h1-10,12,14H,11,13H2,(H,30,31). The monoisotopic (exact) mass is 438 g/mol. The van der Waals surface area contributed by atoms with Crippen LogP contribution >= 0.6 is 0 Å². The fourth-order valence-corrected chi connectivity index (χ4v) is 3.37. The molecule has 0 aliphatic carbocycles. The van der Waals surface area contributed by atoms with Crippen LogP contribution in [0.4, 0.5) is 13.2 Å². The maximum Gasteiger partial charge on any atom is 0.418 e. The molecule has 0 atom stereocenters. The molecule has 0 fully saturated rings. The quantitative estimate of drug-likeness (QED) is 0.429. The number of hydrogen-bond donors (Lipinski definition) is 1. The number of halogens is 3. The van der Waals surface area contributed by atoms with Crippen molar-refractivity contribution in [3.05, 3.63) is 89.7 Å². The lowest BCUT2D eigenvalue weighted by molar-refractivity contribution is -0.137. The third-order valence-corrected chi connectivity index (χ3v) is 4.86. The number of hydrogen-bond acceptors (Lipinski definition) is 4. The minimum atomic E-state index is -4.52. The van der Waals surface area contributed by atoms with Crippen LogP contribution in [-0.4, -0.2) is 21.0 Å². The Morgan fingerprint density at radius 3 is 2.38 bits per heavy atom. The Kier molecular flexibility index (Phi) is 5.77. The van der Waals surface area contributed by atoms with Crippen LogP contribution in [0, 0.1) is 0 Å². The fraction of sp³-hybridized carbons (Fsp3) is 0.125. The summed E-state index contributed by atoms with van der Waals surface area (Å²) >= 11 is 0. The number of carboxylic acids is 1. The molecular formula is C24H17F3N2O3. The molecule has 0 aliphatic rings. The van der Waals surface area contributed by atoms with E-state index in [0.717, 1.165) is 18.0 Å². The van der Waals surface area contributed by atoms with Crippen LogP contribution in [0.25, 0.3) is 22.2 Å². The Bertz CT molecular complexity index is 1270. The van der Waals surface area contributed by atoms with E-state index in [2.05, 4.69) is 9.97 Å². The molecule has 32 heavy (non-hydrogen) atoms. The lowest BCUT2D eigenvalue weighted by atomic mass is 10.0. The van der Waals surface area contributed by atoms with Crippen LogP contribution in [-0.2, 0) is 24.0 Å². The normalized spacial score (nSPS) is 11.5. The predicted octanol–water partition coefficient (Wildman–Crippen LogP) is 5.52. The number of ether oxygens (including phenoxy) is 1. The SMILES string of the molecule is O=C(O)Cc1ccc(COc2cccc(-c3ncnc4c(C(F)(F)F)cccc34)c2)cc1. The molecule has 4 aromatic rings. The molecule has 1 heterocycles. The van der Waals surface area contributed by atoms with E-state index in [-0.39, 0.29) is 18.5 Å². The summed E-state index contributed by atoms with van der Waals surface area (Å²) in [6.45, 7) is 0.250. The highest BCUT2D eigenvalue weighted by atomic mass is 19.4. The molecule has 1 N–H and O–H groups in total. The number of benzene rings is 3. The maximum absolute atomic E-state index is 13.4. The first-order valence-electron chi connectivity index (χ1n) is 9.65. The smallest absolute Gasteiger partial charge is 0.418 e. The van der Waals surface area contributed by atoms with Gasteiger partial charge in [-0.05, 0) is 29.3 Å². The van der Waals surface area contributed by atoms with Crippen LogP contribution in [0.15, 0.2) is 73.1 Å². The summed E-state index contributed by atoms with van der Waals surface area (Å²) in [5, 5.41) is 9.14. The van der Waals surface area contributed by atoms with Gasteiger partial charge in [0.25, 0.3) is 0 Å². The van der Waals surface area contributed by atoms with Gasteiger partial charge in [0.1, 0.15) is 18.7 Å². The zero-order chi connectivity index (χ0) is 22.7. The summed E-state index contributed by atoms with van der Waals surface area (Å²) < 4.78 is 45.9. The summed E-state index contributed by atoms with van der Waals surface area (Å²) in [7, 11) is 0. The molecule has 0 saturated carbocycles. The van der Waals surface area contributed by atoms with Crippen LogP contribution in [0.2, 0.25) is 0 Å². The van der Waals surface area contributed by atoms with Crippen molar-refractivity contribution in [2.75, 3.05) is 0 Å². The van der Waals surface area contributed by atoms with Crippen molar-refractivity contribution in [2.24, 2.45) is 0 Å². The van der Waals surface area contributed by atoms with Crippen molar-refractivity contribution in [1.82, 2.24) is 9.97 Å². The Morgan fingerprint density at radius 1 is 0.938 bits per heavy atom. The zero-order valence-corrected chi connectivity index (χ0v) is 16.6. The number of para-hydroxylation sites is 1. The van der Waals surface area contributed by atoms with Gasteiger partial charge in [0.2, 0.25) is 0 Å². The molecule has 5 nitrogen and oxygen atoms in total. The predicted molar refractivity (Wildman–Crippen MR) is 112 cm³/mol. The largest absolute Gasteiger partial charge is 0.489 e. The van der Waals surface area contributed by atoms with Gasteiger partial charge in [0, 0.05) is 10.9 Å². The molecule has 0 spiro atoms. The highest BCUT2D eigenvalue weighted by molar-refractivity contribution is 5.94. The van der Waals surface area contributed by atoms with Gasteiger partial charge in [0.15, 0.2) is 0 Å². The number of alkyl halides is 3. The van der Waals surface area contributed by atoms with E-state index in [1.165, 1.54) is 6.07 Å². The molecule has 0 saturated heterocycles. The van der Waals surface area contributed by atoms with Crippen molar-refractivity contribution in [3.63, 3.8) is 0 Å². The third kappa shape index (κ3) is 4.69. The average Bonchev–Trinajstić information content (AvgIpc) is 2.77. The Morgan fingerprint density at radius 2 is 1.66 bits per heavy atom. The zero-order valence-electron chi connectivity index (χ0n) is 16.6. The lowest BCUT2D eigenvalue weighted by Crippen LogP contribution is -2.07. The first-order valence-corrected chi connectivity index (χ1v) is 9.65. The van der Waals surface area contributed by atoms with Gasteiger partial charge < -0.3 is 9.84 Å². The maximum atomic E-state index is 13.4. The molecular weight excluding hydrogens is 421 g/mol. The number of fused-ring (bicyclic) bond motifs is 1. The lowest BCUT2D eigenvalue weighted by Gasteiger charge is -2.12. The summed E-state index contributed by atoms with van der Waals surface area (Å²) in [4.78, 5) is 18.8. The highest BCUT2D eigenvalue weighted by Crippen LogP contribution is 2.36. The Hall–Kier alpha value is -3.94. The molecule has 0 bridgehead atoms. The van der Waals surface area contributed by atoms with E-state index >= 15 is 0 Å². The van der Waals surface area contributed by atoms with Crippen LogP contribution in [0.3, 0.4) is 0 Å². The van der Waals surface area contributed by atoms with Crippen molar-refractivity contribution >= 4 is 16.9 Å². The molecule has 1 aromatic heterocycles. The van der Waals surface area contributed by atoms with Gasteiger partial charge in [-0.2, -0.15) is 13.2 Å². The Labute approximate surface area is 181 Å². The molecule has 0 aliphatic heterocycles. The summed E-state index contributed by atoms with van der Waals surface area (Å²) in [6.07, 6.45) is -3.44. The van der Waals surface area contributed by atoms with Crippen molar-refractivity contribution in [3.8, 4) is 17.0 Å². The second kappa shape index (κ2) is 8.66. The van der Waals surface area contributed by atoms with Gasteiger partial charge in [-0.25, -0.2) is 9.97 Å². The number of carbonyl (C=O) groups is 1. The number of rotatable bonds is 6. The molecule has 3 aromatic carbocycles. The van der Waals surface area contributed by atoms with Crippen LogP contribution in [0.1, 0.15) is 16.7 Å². The van der Waals surface area contributed by atoms with E-state index in [1.54, 1.807) is 54.6 Å². The number of aliphatic carboxylic acids is 1. The van der Waals surface area contributed by atoms with E-state index in [9.17, 15) is 18.0 Å². The first-order chi connectivity index (χ1) is 15.3.